The summed E-state index contributed by atoms with van der Waals surface area (Å²) in [7, 11) is 1.61. The molecule has 0 aromatic heterocycles. The Kier molecular flexibility index (Phi) is 3.92. The van der Waals surface area contributed by atoms with Crippen molar-refractivity contribution in [1.29, 1.82) is 0 Å². The number of ether oxygens (including phenoxy) is 1. The van der Waals surface area contributed by atoms with Crippen molar-refractivity contribution in [3.8, 4) is 11.5 Å². The first-order chi connectivity index (χ1) is 10.8. The predicted octanol–water partition coefficient (Wildman–Crippen LogP) is 4.00. The van der Waals surface area contributed by atoms with Crippen molar-refractivity contribution < 1.29 is 9.84 Å². The minimum Gasteiger partial charge on any atom is -0.507 e. The molecule has 0 bridgehead atoms. The number of hydrogen-bond acceptors (Lipinski definition) is 4. The molecule has 0 fully saturated rings. The number of aromatic hydroxyl groups is 1. The van der Waals surface area contributed by atoms with Crippen molar-refractivity contribution in [3.05, 3.63) is 66.2 Å². The molecule has 0 radical (unpaired) electrons. The Morgan fingerprint density at radius 1 is 1.00 bits per heavy atom. The highest BCUT2D eigenvalue weighted by Crippen LogP contribution is 2.26. The lowest BCUT2D eigenvalue weighted by Gasteiger charge is -2.07. The van der Waals surface area contributed by atoms with Gasteiger partial charge in [-0.05, 0) is 29.0 Å². The molecule has 0 saturated carbocycles. The second-order valence-corrected chi connectivity index (χ2v) is 4.79. The minimum absolute atomic E-state index is 0.198. The van der Waals surface area contributed by atoms with Gasteiger partial charge in [-0.3, -0.25) is 5.43 Å². The number of phenols is 1. The van der Waals surface area contributed by atoms with Crippen molar-refractivity contribution in [3.63, 3.8) is 0 Å². The van der Waals surface area contributed by atoms with E-state index in [4.69, 9.17) is 4.74 Å². The molecule has 22 heavy (non-hydrogen) atoms. The zero-order valence-corrected chi connectivity index (χ0v) is 12.2. The molecule has 0 aliphatic heterocycles. The third-order valence-electron chi connectivity index (χ3n) is 3.43. The fourth-order valence-corrected chi connectivity index (χ4v) is 2.32. The zero-order chi connectivity index (χ0) is 15.4. The molecule has 4 nitrogen and oxygen atoms in total. The summed E-state index contributed by atoms with van der Waals surface area (Å²) in [6, 6.07) is 18.9. The number of anilines is 1. The lowest BCUT2D eigenvalue weighted by Crippen LogP contribution is -1.95. The van der Waals surface area contributed by atoms with E-state index in [1.165, 1.54) is 0 Å². The first-order valence-corrected chi connectivity index (χ1v) is 6.92. The van der Waals surface area contributed by atoms with Crippen LogP contribution in [0.2, 0.25) is 0 Å². The highest BCUT2D eigenvalue weighted by Gasteiger charge is 2.04. The zero-order valence-electron chi connectivity index (χ0n) is 12.2. The van der Waals surface area contributed by atoms with Crippen LogP contribution in [0.5, 0.6) is 11.5 Å². The molecule has 0 aliphatic carbocycles. The molecule has 0 atom stereocenters. The largest absolute Gasteiger partial charge is 0.507 e. The van der Waals surface area contributed by atoms with E-state index in [2.05, 4.69) is 10.5 Å². The van der Waals surface area contributed by atoms with Crippen LogP contribution in [0, 0.1) is 0 Å². The van der Waals surface area contributed by atoms with Crippen LogP contribution in [0.3, 0.4) is 0 Å². The number of para-hydroxylation sites is 2. The predicted molar refractivity (Wildman–Crippen MR) is 89.8 cm³/mol. The fourth-order valence-electron chi connectivity index (χ4n) is 2.32. The van der Waals surface area contributed by atoms with Gasteiger partial charge in [-0.1, -0.05) is 42.5 Å². The van der Waals surface area contributed by atoms with Crippen LogP contribution in [-0.4, -0.2) is 18.4 Å². The normalized spacial score (nSPS) is 11.0. The van der Waals surface area contributed by atoms with Crippen LogP contribution in [0.15, 0.2) is 65.8 Å². The van der Waals surface area contributed by atoms with E-state index in [0.717, 1.165) is 16.5 Å². The Morgan fingerprint density at radius 3 is 2.64 bits per heavy atom. The molecule has 110 valence electrons. The lowest BCUT2D eigenvalue weighted by atomic mass is 10.0. The van der Waals surface area contributed by atoms with E-state index in [-0.39, 0.29) is 5.75 Å². The summed E-state index contributed by atoms with van der Waals surface area (Å²) in [5.74, 6) is 0.908. The number of nitrogens with zero attached hydrogens (tertiary/aromatic N) is 1. The molecule has 0 amide bonds. The number of phenolic OH excluding ortho intramolecular Hbond substituents is 1. The second kappa shape index (κ2) is 6.18. The Balaban J connectivity index is 1.91. The summed E-state index contributed by atoms with van der Waals surface area (Å²) < 4.78 is 5.26. The minimum atomic E-state index is 0.198. The van der Waals surface area contributed by atoms with Crippen molar-refractivity contribution >= 4 is 22.7 Å². The number of rotatable bonds is 4. The third-order valence-corrected chi connectivity index (χ3v) is 3.43. The van der Waals surface area contributed by atoms with Gasteiger partial charge in [0.05, 0.1) is 19.0 Å². The van der Waals surface area contributed by atoms with Gasteiger partial charge in [0.1, 0.15) is 11.5 Å². The van der Waals surface area contributed by atoms with Gasteiger partial charge in [0.15, 0.2) is 0 Å². The van der Waals surface area contributed by atoms with Gasteiger partial charge >= 0.3 is 0 Å². The lowest BCUT2D eigenvalue weighted by molar-refractivity contribution is 0.416. The van der Waals surface area contributed by atoms with Crippen molar-refractivity contribution in [2.75, 3.05) is 12.5 Å². The molecule has 0 aliphatic rings. The molecule has 3 aromatic rings. The number of fused-ring (bicyclic) bond motifs is 1. The van der Waals surface area contributed by atoms with Crippen molar-refractivity contribution in [2.45, 2.75) is 0 Å². The van der Waals surface area contributed by atoms with Gasteiger partial charge in [-0.2, -0.15) is 5.10 Å². The van der Waals surface area contributed by atoms with Gasteiger partial charge in [-0.25, -0.2) is 0 Å². The quantitative estimate of drug-likeness (QED) is 0.564. The molecule has 0 unspecified atom stereocenters. The monoisotopic (exact) mass is 292 g/mol. The van der Waals surface area contributed by atoms with Crippen LogP contribution in [0.4, 0.5) is 5.69 Å². The molecule has 0 heterocycles. The molecule has 3 rings (SSSR count). The Labute approximate surface area is 128 Å². The van der Waals surface area contributed by atoms with Crippen LogP contribution in [-0.2, 0) is 0 Å². The van der Waals surface area contributed by atoms with Crippen LogP contribution < -0.4 is 10.2 Å². The van der Waals surface area contributed by atoms with E-state index >= 15 is 0 Å². The van der Waals surface area contributed by atoms with Crippen molar-refractivity contribution in [1.82, 2.24) is 0 Å². The van der Waals surface area contributed by atoms with Crippen LogP contribution in [0.25, 0.3) is 10.8 Å². The van der Waals surface area contributed by atoms with Gasteiger partial charge in [0, 0.05) is 5.56 Å². The standard InChI is InChI=1S/C18H16N2O2/c1-22-18-9-5-4-8-16(18)20-19-12-15-14-7-3-2-6-13(14)10-11-17(15)21/h2-12,20-21H,1H3/b19-12-. The van der Waals surface area contributed by atoms with E-state index in [9.17, 15) is 5.11 Å². The van der Waals surface area contributed by atoms with E-state index in [1.807, 2.05) is 54.6 Å². The Hall–Kier alpha value is -3.01. The SMILES string of the molecule is COc1ccccc1N/N=C\c1c(O)ccc2ccccc12. The molecular weight excluding hydrogens is 276 g/mol. The molecule has 2 N–H and O–H groups in total. The maximum atomic E-state index is 10.1. The molecule has 3 aromatic carbocycles. The maximum absolute atomic E-state index is 10.1. The average Bonchev–Trinajstić information content (AvgIpc) is 2.57. The van der Waals surface area contributed by atoms with Gasteiger partial charge in [0.25, 0.3) is 0 Å². The summed E-state index contributed by atoms with van der Waals surface area (Å²) in [5.41, 5.74) is 4.38. The summed E-state index contributed by atoms with van der Waals surface area (Å²) in [5, 5.41) is 16.3. The maximum Gasteiger partial charge on any atom is 0.143 e. The first-order valence-electron chi connectivity index (χ1n) is 6.92. The highest BCUT2D eigenvalue weighted by molar-refractivity contribution is 6.02. The van der Waals surface area contributed by atoms with E-state index in [1.54, 1.807) is 19.4 Å². The second-order valence-electron chi connectivity index (χ2n) is 4.79. The Bertz CT molecular complexity index is 828. The molecular formula is C18H16N2O2. The number of hydrazone groups is 1. The fraction of sp³-hybridized carbons (Fsp3) is 0.0556. The van der Waals surface area contributed by atoms with Crippen LogP contribution >= 0.6 is 0 Å². The summed E-state index contributed by atoms with van der Waals surface area (Å²) in [6.07, 6.45) is 1.62. The average molecular weight is 292 g/mol. The highest BCUT2D eigenvalue weighted by atomic mass is 16.5. The third kappa shape index (κ3) is 2.72. The number of benzene rings is 3. The summed E-state index contributed by atoms with van der Waals surface area (Å²) in [4.78, 5) is 0. The van der Waals surface area contributed by atoms with Gasteiger partial charge in [-0.15, -0.1) is 0 Å². The smallest absolute Gasteiger partial charge is 0.143 e. The summed E-state index contributed by atoms with van der Waals surface area (Å²) >= 11 is 0. The number of nitrogens with one attached hydrogen (secondary N) is 1. The van der Waals surface area contributed by atoms with E-state index in [0.29, 0.717) is 11.3 Å². The van der Waals surface area contributed by atoms with E-state index < -0.39 is 0 Å². The number of hydrogen-bond donors (Lipinski definition) is 2. The molecule has 4 heteroatoms. The molecule has 0 saturated heterocycles. The topological polar surface area (TPSA) is 53.8 Å². The van der Waals surface area contributed by atoms with Crippen molar-refractivity contribution in [2.24, 2.45) is 5.10 Å². The molecule has 0 spiro atoms. The summed E-state index contributed by atoms with van der Waals surface area (Å²) in [6.45, 7) is 0. The Morgan fingerprint density at radius 2 is 1.77 bits per heavy atom. The first kappa shape index (κ1) is 13.9. The van der Waals surface area contributed by atoms with Crippen LogP contribution in [0.1, 0.15) is 5.56 Å². The van der Waals surface area contributed by atoms with Gasteiger partial charge < -0.3 is 9.84 Å². The number of methoxy groups -OCH3 is 1. The van der Waals surface area contributed by atoms with Gasteiger partial charge in [0.2, 0.25) is 0 Å².